The number of benzene rings is 1. The molecule has 4 heteroatoms. The second-order valence-corrected chi connectivity index (χ2v) is 5.14. The summed E-state index contributed by atoms with van der Waals surface area (Å²) in [7, 11) is 0. The van der Waals surface area contributed by atoms with Crippen LogP contribution in [0.2, 0.25) is 0 Å². The Bertz CT molecular complexity index is 482. The van der Waals surface area contributed by atoms with E-state index in [1.807, 2.05) is 23.6 Å². The van der Waals surface area contributed by atoms with Gasteiger partial charge in [-0.15, -0.1) is 11.3 Å². The highest BCUT2D eigenvalue weighted by Gasteiger charge is 2.02. The normalized spacial score (nSPS) is 10.3. The Kier molecular flexibility index (Phi) is 5.56. The molecule has 19 heavy (non-hydrogen) atoms. The Morgan fingerprint density at radius 1 is 1.21 bits per heavy atom. The molecule has 2 rings (SSSR count). The highest BCUT2D eigenvalue weighted by Crippen LogP contribution is 2.04. The topological polar surface area (TPSA) is 42.0 Å². The zero-order valence-corrected chi connectivity index (χ0v) is 11.7. The lowest BCUT2D eigenvalue weighted by atomic mass is 10.1. The van der Waals surface area contributed by atoms with Crippen LogP contribution >= 0.6 is 11.3 Å². The van der Waals surface area contributed by atoms with Gasteiger partial charge in [0.2, 0.25) is 5.91 Å². The van der Waals surface area contributed by atoms with E-state index in [1.165, 1.54) is 5.56 Å². The van der Waals surface area contributed by atoms with Crippen molar-refractivity contribution in [3.8, 4) is 0 Å². The van der Waals surface area contributed by atoms with Gasteiger partial charge in [-0.25, -0.2) is 4.98 Å². The molecule has 0 aliphatic rings. The molecule has 0 fully saturated rings. The summed E-state index contributed by atoms with van der Waals surface area (Å²) in [6.07, 6.45) is 3.24. The Balaban J connectivity index is 1.57. The molecule has 0 atom stereocenters. The van der Waals surface area contributed by atoms with Gasteiger partial charge >= 0.3 is 0 Å². The van der Waals surface area contributed by atoms with E-state index in [2.05, 4.69) is 22.4 Å². The number of carbonyl (C=O) groups is 1. The number of nitrogens with one attached hydrogen (secondary N) is 1. The summed E-state index contributed by atoms with van der Waals surface area (Å²) >= 11 is 1.57. The van der Waals surface area contributed by atoms with Crippen LogP contribution in [-0.4, -0.2) is 17.4 Å². The molecule has 2 aromatic rings. The first kappa shape index (κ1) is 13.7. The highest BCUT2D eigenvalue weighted by atomic mass is 32.1. The molecule has 1 aromatic carbocycles. The maximum absolute atomic E-state index is 11.6. The van der Waals surface area contributed by atoms with Crippen molar-refractivity contribution in [2.45, 2.75) is 25.7 Å². The van der Waals surface area contributed by atoms with E-state index in [9.17, 15) is 4.79 Å². The molecule has 0 unspecified atom stereocenters. The first-order valence-electron chi connectivity index (χ1n) is 6.52. The summed E-state index contributed by atoms with van der Waals surface area (Å²) in [5.74, 6) is 0.112. The Labute approximate surface area is 117 Å². The minimum atomic E-state index is 0.112. The Hall–Kier alpha value is -1.68. The molecule has 0 saturated heterocycles. The molecule has 0 bridgehead atoms. The molecular formula is C15H18N2OS. The molecule has 0 aliphatic heterocycles. The quantitative estimate of drug-likeness (QED) is 0.789. The number of amides is 1. The molecule has 100 valence electrons. The third kappa shape index (κ3) is 5.22. The lowest BCUT2D eigenvalue weighted by Crippen LogP contribution is -2.25. The van der Waals surface area contributed by atoms with Crippen molar-refractivity contribution < 1.29 is 4.79 Å². The Morgan fingerprint density at radius 3 is 2.79 bits per heavy atom. The largest absolute Gasteiger partial charge is 0.356 e. The van der Waals surface area contributed by atoms with Gasteiger partial charge in [0.25, 0.3) is 0 Å². The van der Waals surface area contributed by atoms with Crippen molar-refractivity contribution in [2.75, 3.05) is 6.54 Å². The van der Waals surface area contributed by atoms with E-state index < -0.39 is 0 Å². The van der Waals surface area contributed by atoms with Crippen molar-refractivity contribution >= 4 is 17.2 Å². The fourth-order valence-electron chi connectivity index (χ4n) is 1.86. The van der Waals surface area contributed by atoms with Gasteiger partial charge in [0, 0.05) is 18.3 Å². The average molecular weight is 274 g/mol. The van der Waals surface area contributed by atoms with Crippen molar-refractivity contribution in [3.63, 3.8) is 0 Å². The van der Waals surface area contributed by atoms with E-state index in [1.54, 1.807) is 16.8 Å². The average Bonchev–Trinajstić information content (AvgIpc) is 2.96. The molecule has 1 aromatic heterocycles. The van der Waals surface area contributed by atoms with Gasteiger partial charge < -0.3 is 5.32 Å². The fourth-order valence-corrected chi connectivity index (χ4v) is 2.45. The number of rotatable bonds is 7. The zero-order valence-electron chi connectivity index (χ0n) is 10.8. The highest BCUT2D eigenvalue weighted by molar-refractivity contribution is 7.07. The van der Waals surface area contributed by atoms with Crippen molar-refractivity contribution in [2.24, 2.45) is 0 Å². The lowest BCUT2D eigenvalue weighted by Gasteiger charge is -2.04. The molecule has 3 nitrogen and oxygen atoms in total. The zero-order chi connectivity index (χ0) is 13.3. The minimum Gasteiger partial charge on any atom is -0.356 e. The number of aromatic nitrogens is 1. The smallest absolute Gasteiger partial charge is 0.220 e. The van der Waals surface area contributed by atoms with Gasteiger partial charge in [0.1, 0.15) is 0 Å². The van der Waals surface area contributed by atoms with Gasteiger partial charge in [-0.1, -0.05) is 30.3 Å². The first-order valence-corrected chi connectivity index (χ1v) is 7.46. The van der Waals surface area contributed by atoms with Crippen LogP contribution in [-0.2, 0) is 17.6 Å². The number of thiazole rings is 1. The van der Waals surface area contributed by atoms with Gasteiger partial charge in [0.05, 0.1) is 11.2 Å². The second kappa shape index (κ2) is 7.69. The first-order chi connectivity index (χ1) is 9.34. The second-order valence-electron chi connectivity index (χ2n) is 4.42. The summed E-state index contributed by atoms with van der Waals surface area (Å²) in [5, 5.41) is 4.94. The van der Waals surface area contributed by atoms with Gasteiger partial charge in [0.15, 0.2) is 0 Å². The fraction of sp³-hybridized carbons (Fsp3) is 0.333. The maximum atomic E-state index is 11.6. The predicted molar refractivity (Wildman–Crippen MR) is 78.2 cm³/mol. The van der Waals surface area contributed by atoms with E-state index in [4.69, 9.17) is 0 Å². The van der Waals surface area contributed by atoms with Crippen LogP contribution in [0.4, 0.5) is 0 Å². The van der Waals surface area contributed by atoms with E-state index >= 15 is 0 Å². The van der Waals surface area contributed by atoms with Crippen LogP contribution in [0.1, 0.15) is 24.1 Å². The maximum Gasteiger partial charge on any atom is 0.220 e. The van der Waals surface area contributed by atoms with Crippen LogP contribution in [0.3, 0.4) is 0 Å². The van der Waals surface area contributed by atoms with Crippen LogP contribution in [0.15, 0.2) is 41.2 Å². The molecule has 1 N–H and O–H groups in total. The van der Waals surface area contributed by atoms with Crippen molar-refractivity contribution in [3.05, 3.63) is 52.5 Å². The third-order valence-corrected chi connectivity index (χ3v) is 3.53. The molecule has 1 heterocycles. The summed E-state index contributed by atoms with van der Waals surface area (Å²) < 4.78 is 0. The van der Waals surface area contributed by atoms with Gasteiger partial charge in [-0.2, -0.15) is 0 Å². The third-order valence-electron chi connectivity index (χ3n) is 2.90. The summed E-state index contributed by atoms with van der Waals surface area (Å²) in [5.41, 5.74) is 4.12. The van der Waals surface area contributed by atoms with Crippen LogP contribution in [0, 0.1) is 0 Å². The predicted octanol–water partition coefficient (Wildman–Crippen LogP) is 2.82. The van der Waals surface area contributed by atoms with E-state index in [-0.39, 0.29) is 5.91 Å². The molecule has 0 radical (unpaired) electrons. The summed E-state index contributed by atoms with van der Waals surface area (Å²) in [4.78, 5) is 15.8. The van der Waals surface area contributed by atoms with Crippen LogP contribution in [0.5, 0.6) is 0 Å². The van der Waals surface area contributed by atoms with Gasteiger partial charge in [-0.3, -0.25) is 4.79 Å². The molecule has 1 amide bonds. The van der Waals surface area contributed by atoms with E-state index in [0.717, 1.165) is 31.5 Å². The lowest BCUT2D eigenvalue weighted by molar-refractivity contribution is -0.121. The molecular weight excluding hydrogens is 256 g/mol. The van der Waals surface area contributed by atoms with Gasteiger partial charge in [-0.05, 0) is 24.8 Å². The van der Waals surface area contributed by atoms with Crippen LogP contribution < -0.4 is 5.32 Å². The van der Waals surface area contributed by atoms with Crippen molar-refractivity contribution in [1.82, 2.24) is 10.3 Å². The summed E-state index contributed by atoms with van der Waals surface area (Å²) in [6, 6.07) is 10.3. The standard InChI is InChI=1S/C15H18N2OS/c18-15(9-8-14-11-19-12-17-14)16-10-4-7-13-5-2-1-3-6-13/h1-3,5-6,11-12H,4,7-10H2,(H,16,18). The minimum absolute atomic E-state index is 0.112. The van der Waals surface area contributed by atoms with Crippen molar-refractivity contribution in [1.29, 1.82) is 0 Å². The number of hydrogen-bond donors (Lipinski definition) is 1. The monoisotopic (exact) mass is 274 g/mol. The number of aryl methyl sites for hydroxylation is 2. The Morgan fingerprint density at radius 2 is 2.05 bits per heavy atom. The molecule has 0 spiro atoms. The van der Waals surface area contributed by atoms with E-state index in [0.29, 0.717) is 6.42 Å². The summed E-state index contributed by atoms with van der Waals surface area (Å²) in [6.45, 7) is 0.741. The molecule has 0 saturated carbocycles. The SMILES string of the molecule is O=C(CCc1cscn1)NCCCc1ccccc1. The number of hydrogen-bond acceptors (Lipinski definition) is 3. The molecule has 0 aliphatic carbocycles. The number of nitrogens with zero attached hydrogens (tertiary/aromatic N) is 1. The van der Waals surface area contributed by atoms with Crippen LogP contribution in [0.25, 0.3) is 0 Å². The number of carbonyl (C=O) groups excluding carboxylic acids is 1.